The molecule has 0 unspecified atom stereocenters. The van der Waals surface area contributed by atoms with Crippen molar-refractivity contribution in [3.8, 4) is 0 Å². The fourth-order valence-electron chi connectivity index (χ4n) is 1.34. The van der Waals surface area contributed by atoms with Crippen molar-refractivity contribution >= 4 is 24.8 Å². The molecule has 1 aliphatic heterocycles. The Hall–Kier alpha value is 0.460. The van der Waals surface area contributed by atoms with Gasteiger partial charge in [0.1, 0.15) is 0 Å². The van der Waals surface area contributed by atoms with Crippen LogP contribution in [0.15, 0.2) is 0 Å². The number of hydrogen-bond donors (Lipinski definition) is 2. The van der Waals surface area contributed by atoms with E-state index in [-0.39, 0.29) is 30.5 Å². The van der Waals surface area contributed by atoms with Crippen LogP contribution in [0.5, 0.6) is 0 Å². The second-order valence-corrected chi connectivity index (χ2v) is 2.69. The lowest BCUT2D eigenvalue weighted by atomic mass is 10.0. The summed E-state index contributed by atoms with van der Waals surface area (Å²) in [4.78, 5) is 0. The molecule has 76 valence electrons. The third kappa shape index (κ3) is 3.46. The van der Waals surface area contributed by atoms with Gasteiger partial charge in [-0.25, -0.2) is 0 Å². The molecule has 0 aliphatic carbocycles. The SMILES string of the molecule is CNC1(NC)CCOCC1.Cl.Cl. The molecule has 1 heterocycles. The fourth-order valence-corrected chi connectivity index (χ4v) is 1.34. The summed E-state index contributed by atoms with van der Waals surface area (Å²) in [7, 11) is 3.98. The summed E-state index contributed by atoms with van der Waals surface area (Å²) in [6.45, 7) is 1.73. The van der Waals surface area contributed by atoms with Gasteiger partial charge in [0.25, 0.3) is 0 Å². The van der Waals surface area contributed by atoms with Crippen LogP contribution >= 0.6 is 24.8 Å². The molecule has 3 nitrogen and oxygen atoms in total. The Kier molecular flexibility index (Phi) is 8.63. The zero-order chi connectivity index (χ0) is 7.45. The molecule has 0 amide bonds. The molecular weight excluding hydrogens is 199 g/mol. The Morgan fingerprint density at radius 2 is 1.42 bits per heavy atom. The predicted molar refractivity (Wildman–Crippen MR) is 55.4 cm³/mol. The van der Waals surface area contributed by atoms with E-state index in [0.29, 0.717) is 0 Å². The summed E-state index contributed by atoms with van der Waals surface area (Å²) in [6.07, 6.45) is 2.11. The first-order valence-corrected chi connectivity index (χ1v) is 3.78. The van der Waals surface area contributed by atoms with Gasteiger partial charge in [0.15, 0.2) is 0 Å². The van der Waals surface area contributed by atoms with E-state index < -0.39 is 0 Å². The molecule has 1 aliphatic rings. The highest BCUT2D eigenvalue weighted by atomic mass is 35.5. The highest BCUT2D eigenvalue weighted by Crippen LogP contribution is 2.15. The van der Waals surface area contributed by atoms with E-state index in [0.717, 1.165) is 26.1 Å². The van der Waals surface area contributed by atoms with Crippen molar-refractivity contribution in [3.63, 3.8) is 0 Å². The highest BCUT2D eigenvalue weighted by molar-refractivity contribution is 5.85. The van der Waals surface area contributed by atoms with E-state index in [1.54, 1.807) is 0 Å². The second-order valence-electron chi connectivity index (χ2n) is 2.69. The van der Waals surface area contributed by atoms with Gasteiger partial charge in [0.05, 0.1) is 5.66 Å². The third-order valence-electron chi connectivity index (χ3n) is 2.30. The Bertz CT molecular complexity index is 102. The van der Waals surface area contributed by atoms with E-state index in [1.807, 2.05) is 14.1 Å². The Labute approximate surface area is 86.4 Å². The van der Waals surface area contributed by atoms with E-state index in [1.165, 1.54) is 0 Å². The first kappa shape index (κ1) is 15.0. The second kappa shape index (κ2) is 6.92. The van der Waals surface area contributed by atoms with E-state index in [4.69, 9.17) is 4.74 Å². The molecule has 1 rings (SSSR count). The molecule has 0 aromatic heterocycles. The number of hydrogen-bond acceptors (Lipinski definition) is 3. The lowest BCUT2D eigenvalue weighted by Crippen LogP contribution is -2.57. The van der Waals surface area contributed by atoms with Gasteiger partial charge in [-0.05, 0) is 14.1 Å². The summed E-state index contributed by atoms with van der Waals surface area (Å²) in [5.74, 6) is 0. The van der Waals surface area contributed by atoms with Gasteiger partial charge in [-0.15, -0.1) is 24.8 Å². The molecule has 0 atom stereocenters. The zero-order valence-electron chi connectivity index (χ0n) is 7.55. The molecule has 12 heavy (non-hydrogen) atoms. The van der Waals surface area contributed by atoms with Crippen molar-refractivity contribution in [1.82, 2.24) is 10.6 Å². The molecule has 5 heteroatoms. The molecule has 0 bridgehead atoms. The summed E-state index contributed by atoms with van der Waals surface area (Å²) < 4.78 is 5.25. The maximum absolute atomic E-state index is 5.25. The van der Waals surface area contributed by atoms with Crippen LogP contribution in [-0.4, -0.2) is 33.0 Å². The Balaban J connectivity index is 0. The van der Waals surface area contributed by atoms with Gasteiger partial charge in [0.2, 0.25) is 0 Å². The van der Waals surface area contributed by atoms with E-state index in [9.17, 15) is 0 Å². The topological polar surface area (TPSA) is 33.3 Å². The van der Waals surface area contributed by atoms with Crippen LogP contribution in [0.3, 0.4) is 0 Å². The molecule has 1 saturated heterocycles. The van der Waals surface area contributed by atoms with Crippen molar-refractivity contribution < 1.29 is 4.74 Å². The molecule has 2 N–H and O–H groups in total. The van der Waals surface area contributed by atoms with Crippen molar-refractivity contribution in [2.24, 2.45) is 0 Å². The largest absolute Gasteiger partial charge is 0.381 e. The Morgan fingerprint density at radius 3 is 1.67 bits per heavy atom. The van der Waals surface area contributed by atoms with Gasteiger partial charge in [-0.2, -0.15) is 0 Å². The zero-order valence-corrected chi connectivity index (χ0v) is 9.19. The number of rotatable bonds is 2. The average Bonchev–Trinajstić information content (AvgIpc) is 2.06. The standard InChI is InChI=1S/C7H16N2O.2ClH/c1-8-7(9-2)3-5-10-6-4-7;;/h8-9H,3-6H2,1-2H3;2*1H. The molecule has 0 spiro atoms. The number of halogens is 2. The van der Waals surface area contributed by atoms with Crippen LogP contribution in [0.4, 0.5) is 0 Å². The minimum Gasteiger partial charge on any atom is -0.381 e. The smallest absolute Gasteiger partial charge is 0.0726 e. The highest BCUT2D eigenvalue weighted by Gasteiger charge is 2.28. The Morgan fingerprint density at radius 1 is 1.00 bits per heavy atom. The monoisotopic (exact) mass is 216 g/mol. The first-order chi connectivity index (χ1) is 4.83. The average molecular weight is 217 g/mol. The van der Waals surface area contributed by atoms with Crippen molar-refractivity contribution in [2.45, 2.75) is 18.5 Å². The van der Waals surface area contributed by atoms with Crippen molar-refractivity contribution in [2.75, 3.05) is 27.3 Å². The van der Waals surface area contributed by atoms with E-state index >= 15 is 0 Å². The maximum Gasteiger partial charge on any atom is 0.0726 e. The normalized spacial score (nSPS) is 20.5. The van der Waals surface area contributed by atoms with Crippen molar-refractivity contribution in [3.05, 3.63) is 0 Å². The molecule has 0 aromatic rings. The summed E-state index contributed by atoms with van der Waals surface area (Å²) in [6, 6.07) is 0. The van der Waals surface area contributed by atoms with Crippen LogP contribution < -0.4 is 10.6 Å². The summed E-state index contributed by atoms with van der Waals surface area (Å²) in [5, 5.41) is 6.55. The minimum absolute atomic E-state index is 0. The first-order valence-electron chi connectivity index (χ1n) is 3.78. The van der Waals surface area contributed by atoms with Crippen LogP contribution in [0.25, 0.3) is 0 Å². The number of nitrogens with one attached hydrogen (secondary N) is 2. The quantitative estimate of drug-likeness (QED) is 0.670. The predicted octanol–water partition coefficient (Wildman–Crippen LogP) is 0.775. The fraction of sp³-hybridized carbons (Fsp3) is 1.00. The molecule has 0 radical (unpaired) electrons. The lowest BCUT2D eigenvalue weighted by molar-refractivity contribution is 0.0302. The van der Waals surface area contributed by atoms with Crippen LogP contribution in [0.2, 0.25) is 0 Å². The van der Waals surface area contributed by atoms with Crippen LogP contribution in [-0.2, 0) is 4.74 Å². The maximum atomic E-state index is 5.25. The van der Waals surface area contributed by atoms with Gasteiger partial charge in [-0.1, -0.05) is 0 Å². The third-order valence-corrected chi connectivity index (χ3v) is 2.30. The van der Waals surface area contributed by atoms with Gasteiger partial charge < -0.3 is 15.4 Å². The molecular formula is C7H18Cl2N2O. The number of ether oxygens (including phenoxy) is 1. The van der Waals surface area contributed by atoms with Gasteiger partial charge in [0, 0.05) is 26.1 Å². The van der Waals surface area contributed by atoms with E-state index in [2.05, 4.69) is 10.6 Å². The molecule has 0 saturated carbocycles. The van der Waals surface area contributed by atoms with Gasteiger partial charge in [-0.3, -0.25) is 0 Å². The minimum atomic E-state index is 0. The summed E-state index contributed by atoms with van der Waals surface area (Å²) in [5.41, 5.74) is 0.137. The molecule has 0 aromatic carbocycles. The van der Waals surface area contributed by atoms with Crippen LogP contribution in [0, 0.1) is 0 Å². The van der Waals surface area contributed by atoms with Gasteiger partial charge >= 0.3 is 0 Å². The molecule has 1 fully saturated rings. The lowest BCUT2D eigenvalue weighted by Gasteiger charge is -2.36. The van der Waals surface area contributed by atoms with Crippen molar-refractivity contribution in [1.29, 1.82) is 0 Å². The van der Waals surface area contributed by atoms with Crippen LogP contribution in [0.1, 0.15) is 12.8 Å². The summed E-state index contributed by atoms with van der Waals surface area (Å²) >= 11 is 0.